The fourth-order valence-corrected chi connectivity index (χ4v) is 3.30. The van der Waals surface area contributed by atoms with Crippen LogP contribution in [0.25, 0.3) is 0 Å². The molecule has 23 heavy (non-hydrogen) atoms. The summed E-state index contributed by atoms with van der Waals surface area (Å²) in [7, 11) is -3.82. The third-order valence-electron chi connectivity index (χ3n) is 2.91. The summed E-state index contributed by atoms with van der Waals surface area (Å²) >= 11 is 5.81. The van der Waals surface area contributed by atoms with Crippen molar-refractivity contribution in [2.45, 2.75) is 18.7 Å². The van der Waals surface area contributed by atoms with Crippen molar-refractivity contribution in [1.29, 1.82) is 0 Å². The van der Waals surface area contributed by atoms with Crippen LogP contribution in [0.5, 0.6) is 11.5 Å². The average molecular weight is 356 g/mol. The molecule has 5 nitrogen and oxygen atoms in total. The molecule has 2 aromatic rings. The Morgan fingerprint density at radius 1 is 1.00 bits per heavy atom. The molecular weight excluding hydrogens is 338 g/mol. The predicted octanol–water partition coefficient (Wildman–Crippen LogP) is 3.94. The lowest BCUT2D eigenvalue weighted by atomic mass is 10.3. The zero-order valence-corrected chi connectivity index (χ0v) is 14.4. The Hall–Kier alpha value is -1.92. The second-order valence-electron chi connectivity index (χ2n) is 4.59. The van der Waals surface area contributed by atoms with E-state index in [1.54, 1.807) is 43.3 Å². The number of anilines is 1. The van der Waals surface area contributed by atoms with Gasteiger partial charge < -0.3 is 9.47 Å². The predicted molar refractivity (Wildman–Crippen MR) is 91.0 cm³/mol. The molecule has 0 fully saturated rings. The maximum atomic E-state index is 12.7. The summed E-state index contributed by atoms with van der Waals surface area (Å²) < 4.78 is 38.6. The number of nitrogens with one attached hydrogen (secondary N) is 1. The minimum absolute atomic E-state index is 0.0280. The van der Waals surface area contributed by atoms with Gasteiger partial charge in [0.15, 0.2) is 0 Å². The van der Waals surface area contributed by atoms with Gasteiger partial charge in [-0.15, -0.1) is 0 Å². The molecule has 0 atom stereocenters. The number of hydrogen-bond donors (Lipinski definition) is 1. The Labute approximate surface area is 141 Å². The first-order valence-electron chi connectivity index (χ1n) is 7.14. The van der Waals surface area contributed by atoms with Crippen LogP contribution in [-0.2, 0) is 10.0 Å². The first kappa shape index (κ1) is 17.4. The van der Waals surface area contributed by atoms with Gasteiger partial charge >= 0.3 is 0 Å². The minimum Gasteiger partial charge on any atom is -0.494 e. The lowest BCUT2D eigenvalue weighted by Crippen LogP contribution is -2.14. The Balaban J connectivity index is 2.39. The van der Waals surface area contributed by atoms with E-state index in [1.165, 1.54) is 6.07 Å². The fourth-order valence-electron chi connectivity index (χ4n) is 1.96. The Morgan fingerprint density at radius 2 is 1.65 bits per heavy atom. The molecule has 0 saturated heterocycles. The van der Waals surface area contributed by atoms with Gasteiger partial charge in [0.25, 0.3) is 10.0 Å². The molecule has 2 rings (SSSR count). The van der Waals surface area contributed by atoms with Crippen LogP contribution in [0.1, 0.15) is 13.8 Å². The largest absolute Gasteiger partial charge is 0.494 e. The Kier molecular flexibility index (Phi) is 5.74. The van der Waals surface area contributed by atoms with Crippen LogP contribution < -0.4 is 14.2 Å². The van der Waals surface area contributed by atoms with Crippen LogP contribution in [0.3, 0.4) is 0 Å². The number of ether oxygens (including phenoxy) is 2. The van der Waals surface area contributed by atoms with Crippen molar-refractivity contribution in [2.75, 3.05) is 17.9 Å². The van der Waals surface area contributed by atoms with E-state index in [4.69, 9.17) is 21.1 Å². The number of benzene rings is 2. The smallest absolute Gasteiger partial charge is 0.265 e. The molecule has 0 radical (unpaired) electrons. The second-order valence-corrected chi connectivity index (χ2v) is 6.67. The summed E-state index contributed by atoms with van der Waals surface area (Å²) in [5, 5.41) is 0.529. The zero-order valence-electron chi connectivity index (χ0n) is 12.9. The van der Waals surface area contributed by atoms with Crippen LogP contribution in [0.15, 0.2) is 47.4 Å². The number of hydrogen-bond acceptors (Lipinski definition) is 4. The molecule has 0 heterocycles. The summed E-state index contributed by atoms with van der Waals surface area (Å²) in [5.41, 5.74) is 0.415. The first-order valence-corrected chi connectivity index (χ1v) is 9.00. The number of rotatable bonds is 7. The standard InChI is InChI=1S/C16H18ClNO4S/c1-3-21-14-9-10-15(22-4-2)16(11-14)23(19,20)18-13-7-5-12(17)6-8-13/h5-11,18H,3-4H2,1-2H3. The van der Waals surface area contributed by atoms with Crippen LogP contribution in [0, 0.1) is 0 Å². The highest BCUT2D eigenvalue weighted by atomic mass is 35.5. The molecule has 0 aliphatic rings. The first-order chi connectivity index (χ1) is 11.0. The fraction of sp³-hybridized carbons (Fsp3) is 0.250. The highest BCUT2D eigenvalue weighted by molar-refractivity contribution is 7.92. The van der Waals surface area contributed by atoms with Gasteiger partial charge in [0.05, 0.1) is 13.2 Å². The van der Waals surface area contributed by atoms with Crippen molar-refractivity contribution in [1.82, 2.24) is 0 Å². The molecule has 0 spiro atoms. The van der Waals surface area contributed by atoms with Gasteiger partial charge in [-0.25, -0.2) is 8.42 Å². The third-order valence-corrected chi connectivity index (χ3v) is 4.57. The lowest BCUT2D eigenvalue weighted by Gasteiger charge is -2.14. The van der Waals surface area contributed by atoms with Gasteiger partial charge in [-0.2, -0.15) is 0 Å². The van der Waals surface area contributed by atoms with E-state index >= 15 is 0 Å². The molecule has 7 heteroatoms. The molecule has 0 aromatic heterocycles. The van der Waals surface area contributed by atoms with Crippen LogP contribution in [0.2, 0.25) is 5.02 Å². The molecule has 0 aliphatic carbocycles. The molecule has 0 amide bonds. The number of halogens is 1. The maximum absolute atomic E-state index is 12.7. The van der Waals surface area contributed by atoms with Gasteiger partial charge in [0, 0.05) is 16.8 Å². The van der Waals surface area contributed by atoms with Gasteiger partial charge in [-0.3, -0.25) is 4.72 Å². The molecular formula is C16H18ClNO4S. The van der Waals surface area contributed by atoms with Gasteiger partial charge in [-0.05, 0) is 50.2 Å². The minimum atomic E-state index is -3.82. The van der Waals surface area contributed by atoms with Crippen molar-refractivity contribution in [3.05, 3.63) is 47.5 Å². The average Bonchev–Trinajstić information content (AvgIpc) is 2.51. The molecule has 124 valence electrons. The van der Waals surface area contributed by atoms with Crippen molar-refractivity contribution in [2.24, 2.45) is 0 Å². The van der Waals surface area contributed by atoms with Gasteiger partial charge in [-0.1, -0.05) is 11.6 Å². The summed E-state index contributed by atoms with van der Waals surface area (Å²) in [6.07, 6.45) is 0. The SMILES string of the molecule is CCOc1ccc(OCC)c(S(=O)(=O)Nc2ccc(Cl)cc2)c1. The van der Waals surface area contributed by atoms with Crippen LogP contribution in [0.4, 0.5) is 5.69 Å². The summed E-state index contributed by atoms with van der Waals surface area (Å²) in [4.78, 5) is 0.0280. The van der Waals surface area contributed by atoms with E-state index < -0.39 is 10.0 Å². The van der Waals surface area contributed by atoms with Crippen molar-refractivity contribution in [3.8, 4) is 11.5 Å². The molecule has 0 saturated carbocycles. The molecule has 1 N–H and O–H groups in total. The monoisotopic (exact) mass is 355 g/mol. The van der Waals surface area contributed by atoms with Crippen molar-refractivity contribution in [3.63, 3.8) is 0 Å². The normalized spacial score (nSPS) is 11.1. The summed E-state index contributed by atoms with van der Waals surface area (Å²) in [6.45, 7) is 4.42. The molecule has 0 bridgehead atoms. The van der Waals surface area contributed by atoms with Gasteiger partial charge in [0.1, 0.15) is 16.4 Å². The number of sulfonamides is 1. The lowest BCUT2D eigenvalue weighted by molar-refractivity contribution is 0.322. The second kappa shape index (κ2) is 7.57. The zero-order chi connectivity index (χ0) is 16.9. The van der Waals surface area contributed by atoms with Crippen LogP contribution >= 0.6 is 11.6 Å². The van der Waals surface area contributed by atoms with E-state index in [1.807, 2.05) is 6.92 Å². The maximum Gasteiger partial charge on any atom is 0.265 e. The topological polar surface area (TPSA) is 64.6 Å². The summed E-state index contributed by atoms with van der Waals surface area (Å²) in [5.74, 6) is 0.741. The highest BCUT2D eigenvalue weighted by Gasteiger charge is 2.21. The van der Waals surface area contributed by atoms with E-state index in [2.05, 4.69) is 4.72 Å². The van der Waals surface area contributed by atoms with Crippen molar-refractivity contribution >= 4 is 27.3 Å². The molecule has 0 aliphatic heterocycles. The van der Waals surface area contributed by atoms with Crippen molar-refractivity contribution < 1.29 is 17.9 Å². The quantitative estimate of drug-likeness (QED) is 0.817. The van der Waals surface area contributed by atoms with Gasteiger partial charge in [0.2, 0.25) is 0 Å². The van der Waals surface area contributed by atoms with E-state index in [9.17, 15) is 8.42 Å². The van der Waals surface area contributed by atoms with E-state index in [0.29, 0.717) is 29.7 Å². The Morgan fingerprint density at radius 3 is 2.26 bits per heavy atom. The van der Waals surface area contributed by atoms with E-state index in [-0.39, 0.29) is 10.6 Å². The van der Waals surface area contributed by atoms with E-state index in [0.717, 1.165) is 0 Å². The third kappa shape index (κ3) is 4.53. The molecule has 0 unspecified atom stereocenters. The summed E-state index contributed by atoms with van der Waals surface area (Å²) in [6, 6.07) is 11.1. The van der Waals surface area contributed by atoms with Crippen LogP contribution in [-0.4, -0.2) is 21.6 Å². The Bertz CT molecular complexity index is 760. The molecule has 2 aromatic carbocycles. The highest BCUT2D eigenvalue weighted by Crippen LogP contribution is 2.30.